The Hall–Kier alpha value is -1.79. The van der Waals surface area contributed by atoms with E-state index in [-0.39, 0.29) is 36.5 Å². The van der Waals surface area contributed by atoms with E-state index in [0.717, 1.165) is 5.57 Å². The van der Waals surface area contributed by atoms with Gasteiger partial charge in [-0.25, -0.2) is 0 Å². The largest absolute Gasteiger partial charge is 0.432 e. The Morgan fingerprint density at radius 1 is 0.607 bits per heavy atom. The number of aliphatic hydroxyl groups is 16. The van der Waals surface area contributed by atoms with Crippen molar-refractivity contribution >= 4 is 5.97 Å². The quantitative estimate of drug-likeness (QED) is 0.0471. The fourth-order valence-electron chi connectivity index (χ4n) is 17.4. The Kier molecular flexibility index (Phi) is 18.2. The molecule has 0 spiro atoms. The van der Waals surface area contributed by atoms with E-state index in [1.807, 2.05) is 6.92 Å². The van der Waals surface area contributed by atoms with Crippen LogP contribution in [0.2, 0.25) is 0 Å². The number of hydrogen-bond acceptors (Lipinski definition) is 27. The summed E-state index contributed by atoms with van der Waals surface area (Å²) in [6, 6.07) is 0. The third kappa shape index (κ3) is 10.4. The summed E-state index contributed by atoms with van der Waals surface area (Å²) in [6.07, 6.45) is -31.2. The van der Waals surface area contributed by atoms with Gasteiger partial charge in [0, 0.05) is 5.41 Å². The van der Waals surface area contributed by atoms with E-state index in [4.69, 9.17) is 47.4 Å². The normalized spacial score (nSPS) is 55.6. The minimum absolute atomic E-state index is 0.124. The summed E-state index contributed by atoms with van der Waals surface area (Å²) < 4.78 is 58.6. The van der Waals surface area contributed by atoms with E-state index < -0.39 is 226 Å². The van der Waals surface area contributed by atoms with E-state index in [9.17, 15) is 81.7 Å². The number of aliphatic hydroxyl groups excluding tert-OH is 15. The number of carbonyl (C=O) groups excluding carboxylic acids is 1. The van der Waals surface area contributed by atoms with Crippen molar-refractivity contribution in [2.45, 2.75) is 247 Å². The minimum atomic E-state index is -2.07. The lowest BCUT2D eigenvalue weighted by atomic mass is 9.33. The molecule has 4 saturated carbocycles. The molecule has 32 unspecified atom stereocenters. The molecule has 482 valence electrons. The topological polar surface area (TPSA) is 433 Å². The number of rotatable bonds is 13. The van der Waals surface area contributed by atoms with Crippen LogP contribution in [-0.4, -0.2) is 274 Å². The molecule has 27 nitrogen and oxygen atoms in total. The smallest absolute Gasteiger partial charge is 0.317 e. The summed E-state index contributed by atoms with van der Waals surface area (Å²) in [5, 5.41) is 176. The van der Waals surface area contributed by atoms with Gasteiger partial charge in [-0.1, -0.05) is 53.2 Å². The fourth-order valence-corrected chi connectivity index (χ4v) is 17.4. The first-order valence-corrected chi connectivity index (χ1v) is 29.7. The lowest BCUT2D eigenvalue weighted by Crippen LogP contribution is -2.70. The van der Waals surface area contributed by atoms with Gasteiger partial charge in [0.1, 0.15) is 90.4 Å². The standard InChI is InChI=1S/C57H92O27/c1-23-40(80-45-39(71)41(28(63)19-75-45)81-49-43(72)56(74,21-60)22-77-49)36(68)38(70)46(78-23)82-42-33(65)27(62)18-76-48(42)84-50(73)57-13-12-51(2,3)14-25(57)24-8-9-31-52(4)15-26(61)44(83-47-37(69)35(67)34(66)29(17-58)79-47)53(5,20-59)30(52)10-11-54(31,6)55(24,7)16-32(57)64/h8,23,25-49,58-72,74H,9-22H2,1-7H3. The SMILES string of the molecule is CC1OC(OC2C(OC(=O)C34CCC(C)(C)CC3C3=CCC5C6(C)CC(O)C(OC7OC(CO)C(O)C(O)C7O)C(C)(CO)C6CCC5(C)C3(C)CC4O)OCC(O)C2O)C(O)C(O)C1OC1OCC(O)C(OC2OCC(O)(CO)C2O)C1O. The maximum absolute atomic E-state index is 15.4. The van der Waals surface area contributed by atoms with Gasteiger partial charge in [0.25, 0.3) is 0 Å². The number of allylic oxidation sites excluding steroid dienone is 2. The zero-order chi connectivity index (χ0) is 61.3. The molecule has 5 heterocycles. The molecular weight excluding hydrogens is 1120 g/mol. The second-order valence-electron chi connectivity index (χ2n) is 28.0. The average Bonchev–Trinajstić information content (AvgIpc) is 1.12. The first-order valence-electron chi connectivity index (χ1n) is 29.7. The highest BCUT2D eigenvalue weighted by Gasteiger charge is 2.73. The van der Waals surface area contributed by atoms with Crippen LogP contribution in [0, 0.1) is 50.2 Å². The third-order valence-electron chi connectivity index (χ3n) is 22.6. The molecule has 0 aromatic rings. The molecule has 16 N–H and O–H groups in total. The van der Waals surface area contributed by atoms with E-state index in [2.05, 4.69) is 40.7 Å². The summed E-state index contributed by atoms with van der Waals surface area (Å²) in [5.74, 6) is -1.84. The first kappa shape index (κ1) is 65.2. The van der Waals surface area contributed by atoms with Crippen molar-refractivity contribution in [3.05, 3.63) is 11.6 Å². The van der Waals surface area contributed by atoms with Crippen molar-refractivity contribution in [1.82, 2.24) is 0 Å². The van der Waals surface area contributed by atoms with Crippen molar-refractivity contribution in [2.24, 2.45) is 50.2 Å². The van der Waals surface area contributed by atoms with Gasteiger partial charge < -0.3 is 129 Å². The van der Waals surface area contributed by atoms with Crippen LogP contribution in [0.5, 0.6) is 0 Å². The van der Waals surface area contributed by atoms with E-state index in [0.29, 0.717) is 32.1 Å². The molecule has 10 aliphatic rings. The Bertz CT molecular complexity index is 2370. The molecule has 5 aliphatic carbocycles. The van der Waals surface area contributed by atoms with Gasteiger partial charge in [-0.15, -0.1) is 0 Å². The molecule has 0 amide bonds. The van der Waals surface area contributed by atoms with Crippen molar-refractivity contribution in [2.75, 3.05) is 39.6 Å². The van der Waals surface area contributed by atoms with E-state index >= 15 is 4.79 Å². The molecule has 84 heavy (non-hydrogen) atoms. The van der Waals surface area contributed by atoms with E-state index in [1.54, 1.807) is 0 Å². The Morgan fingerprint density at radius 2 is 1.25 bits per heavy atom. The predicted octanol–water partition coefficient (Wildman–Crippen LogP) is -4.35. The summed E-state index contributed by atoms with van der Waals surface area (Å²) >= 11 is 0. The van der Waals surface area contributed by atoms with Gasteiger partial charge in [0.15, 0.2) is 31.3 Å². The third-order valence-corrected chi connectivity index (χ3v) is 22.6. The van der Waals surface area contributed by atoms with Crippen molar-refractivity contribution in [3.8, 4) is 0 Å². The van der Waals surface area contributed by atoms with Crippen LogP contribution in [-0.2, 0) is 52.2 Å². The maximum atomic E-state index is 15.4. The second-order valence-corrected chi connectivity index (χ2v) is 28.0. The molecule has 0 aromatic heterocycles. The lowest BCUT2D eigenvalue weighted by molar-refractivity contribution is -0.372. The molecule has 32 atom stereocenters. The fraction of sp³-hybridized carbons (Fsp3) is 0.947. The van der Waals surface area contributed by atoms with Crippen LogP contribution in [0.4, 0.5) is 0 Å². The number of esters is 1. The highest BCUT2D eigenvalue weighted by molar-refractivity contribution is 5.80. The summed E-state index contributed by atoms with van der Waals surface area (Å²) in [4.78, 5) is 15.4. The van der Waals surface area contributed by atoms with Gasteiger partial charge >= 0.3 is 5.97 Å². The Morgan fingerprint density at radius 3 is 1.92 bits per heavy atom. The van der Waals surface area contributed by atoms with Crippen LogP contribution >= 0.6 is 0 Å². The minimum Gasteiger partial charge on any atom is -0.432 e. The van der Waals surface area contributed by atoms with Gasteiger partial charge in [0.05, 0.1) is 64.1 Å². The van der Waals surface area contributed by atoms with Crippen LogP contribution < -0.4 is 0 Å². The van der Waals surface area contributed by atoms with E-state index in [1.165, 1.54) is 6.92 Å². The van der Waals surface area contributed by atoms with Crippen LogP contribution in [0.25, 0.3) is 0 Å². The monoisotopic (exact) mass is 1210 g/mol. The number of fused-ring (bicyclic) bond motifs is 7. The number of ether oxygens (including phenoxy) is 10. The highest BCUT2D eigenvalue weighted by atomic mass is 16.8. The molecular formula is C57H92O27. The summed E-state index contributed by atoms with van der Waals surface area (Å²) in [7, 11) is 0. The van der Waals surface area contributed by atoms with Crippen LogP contribution in [0.1, 0.15) is 99.8 Å². The zero-order valence-electron chi connectivity index (χ0n) is 48.6. The molecule has 5 aliphatic heterocycles. The molecule has 0 aromatic carbocycles. The van der Waals surface area contributed by atoms with Gasteiger partial charge in [-0.05, 0) is 97.7 Å². The molecule has 10 rings (SSSR count). The van der Waals surface area contributed by atoms with Gasteiger partial charge in [-0.3, -0.25) is 4.79 Å². The summed E-state index contributed by atoms with van der Waals surface area (Å²) in [5.41, 5.74) is -6.04. The maximum Gasteiger partial charge on any atom is 0.317 e. The Labute approximate surface area is 486 Å². The van der Waals surface area contributed by atoms with Crippen molar-refractivity contribution in [1.29, 1.82) is 0 Å². The average molecular weight is 1210 g/mol. The van der Waals surface area contributed by atoms with Gasteiger partial charge in [0.2, 0.25) is 6.29 Å². The highest BCUT2D eigenvalue weighted by Crippen LogP contribution is 2.76. The molecule has 27 heteroatoms. The summed E-state index contributed by atoms with van der Waals surface area (Å²) in [6.45, 7) is 10.4. The molecule has 0 bridgehead atoms. The van der Waals surface area contributed by atoms with Crippen LogP contribution in [0.3, 0.4) is 0 Å². The Balaban J connectivity index is 0.858. The number of carbonyl (C=O) groups is 1. The van der Waals surface area contributed by atoms with Crippen LogP contribution in [0.15, 0.2) is 11.6 Å². The van der Waals surface area contributed by atoms with Gasteiger partial charge in [-0.2, -0.15) is 0 Å². The predicted molar refractivity (Wildman–Crippen MR) is 280 cm³/mol. The first-order chi connectivity index (χ1) is 39.3. The lowest BCUT2D eigenvalue weighted by Gasteiger charge is -2.72. The molecule has 5 saturated heterocycles. The van der Waals surface area contributed by atoms with Crippen molar-refractivity contribution < 1.29 is 134 Å². The zero-order valence-corrected chi connectivity index (χ0v) is 48.6. The molecule has 0 radical (unpaired) electrons. The molecule has 9 fully saturated rings. The van der Waals surface area contributed by atoms with Crippen molar-refractivity contribution in [3.63, 3.8) is 0 Å². The second kappa shape index (κ2) is 23.5. The number of hydrogen-bond donors (Lipinski definition) is 16.